The maximum absolute atomic E-state index is 11.3. The van der Waals surface area contributed by atoms with Crippen LogP contribution in [0.2, 0.25) is 0 Å². The topological polar surface area (TPSA) is 40.5 Å². The Bertz CT molecular complexity index is 250. The number of rotatable bonds is 5. The largest absolute Gasteiger partial charge is 0.480 e. The number of hydrogen-bond acceptors (Lipinski definition) is 2. The molecule has 1 saturated carbocycles. The Kier molecular flexibility index (Phi) is 4.36. The monoisotopic (exact) mass is 227 g/mol. The van der Waals surface area contributed by atoms with Crippen molar-refractivity contribution in [2.24, 2.45) is 5.92 Å². The van der Waals surface area contributed by atoms with Crippen molar-refractivity contribution in [3.63, 3.8) is 0 Å². The number of likely N-dealkylation sites (N-methyl/N-ethyl adjacent to an activating group) is 1. The average Bonchev–Trinajstić information content (AvgIpc) is 2.66. The zero-order valence-electron chi connectivity index (χ0n) is 11.0. The second kappa shape index (κ2) is 5.17. The van der Waals surface area contributed by atoms with Crippen LogP contribution in [0.4, 0.5) is 0 Å². The summed E-state index contributed by atoms with van der Waals surface area (Å²) >= 11 is 0. The maximum atomic E-state index is 11.3. The van der Waals surface area contributed by atoms with E-state index < -0.39 is 11.5 Å². The predicted molar refractivity (Wildman–Crippen MR) is 65.5 cm³/mol. The summed E-state index contributed by atoms with van der Waals surface area (Å²) in [7, 11) is 0. The highest BCUT2D eigenvalue weighted by atomic mass is 16.4. The van der Waals surface area contributed by atoms with Crippen LogP contribution in [0, 0.1) is 5.92 Å². The van der Waals surface area contributed by atoms with E-state index in [9.17, 15) is 9.90 Å². The van der Waals surface area contributed by atoms with Gasteiger partial charge in [-0.3, -0.25) is 9.69 Å². The van der Waals surface area contributed by atoms with E-state index in [-0.39, 0.29) is 0 Å². The van der Waals surface area contributed by atoms with Gasteiger partial charge in [0.2, 0.25) is 0 Å². The van der Waals surface area contributed by atoms with E-state index in [1.54, 1.807) is 0 Å². The number of carboxylic acids is 1. The third-order valence-electron chi connectivity index (χ3n) is 4.11. The van der Waals surface area contributed by atoms with Gasteiger partial charge in [-0.15, -0.1) is 0 Å². The SMILES string of the molecule is CCC1CCC(N(CC)C(C)(C)C(=O)O)C1. The highest BCUT2D eigenvalue weighted by molar-refractivity contribution is 5.77. The van der Waals surface area contributed by atoms with Gasteiger partial charge in [-0.1, -0.05) is 20.3 Å². The fraction of sp³-hybridized carbons (Fsp3) is 0.923. The van der Waals surface area contributed by atoms with Crippen molar-refractivity contribution < 1.29 is 9.90 Å². The van der Waals surface area contributed by atoms with Gasteiger partial charge >= 0.3 is 5.97 Å². The number of aliphatic carboxylic acids is 1. The molecule has 0 heterocycles. The van der Waals surface area contributed by atoms with Gasteiger partial charge in [-0.05, 0) is 45.6 Å². The van der Waals surface area contributed by atoms with Crippen LogP contribution in [-0.2, 0) is 4.79 Å². The lowest BCUT2D eigenvalue weighted by Gasteiger charge is -2.39. The van der Waals surface area contributed by atoms with Crippen LogP contribution < -0.4 is 0 Å². The Labute approximate surface area is 98.8 Å². The Morgan fingerprint density at radius 3 is 2.38 bits per heavy atom. The number of nitrogens with zero attached hydrogens (tertiary/aromatic N) is 1. The second-order valence-corrected chi connectivity index (χ2v) is 5.39. The maximum Gasteiger partial charge on any atom is 0.323 e. The summed E-state index contributed by atoms with van der Waals surface area (Å²) < 4.78 is 0. The molecule has 3 heteroatoms. The molecule has 1 aliphatic carbocycles. The van der Waals surface area contributed by atoms with Gasteiger partial charge in [0, 0.05) is 6.04 Å². The lowest BCUT2D eigenvalue weighted by molar-refractivity contribution is -0.150. The molecule has 3 nitrogen and oxygen atoms in total. The molecule has 94 valence electrons. The molecule has 0 aliphatic heterocycles. The van der Waals surface area contributed by atoms with E-state index in [1.807, 2.05) is 13.8 Å². The smallest absolute Gasteiger partial charge is 0.323 e. The molecule has 0 bridgehead atoms. The van der Waals surface area contributed by atoms with E-state index in [4.69, 9.17) is 0 Å². The van der Waals surface area contributed by atoms with Crippen molar-refractivity contribution in [2.75, 3.05) is 6.54 Å². The van der Waals surface area contributed by atoms with Crippen molar-refractivity contribution in [2.45, 2.75) is 65.0 Å². The summed E-state index contributed by atoms with van der Waals surface area (Å²) in [6, 6.07) is 0.459. The summed E-state index contributed by atoms with van der Waals surface area (Å²) in [5, 5.41) is 9.28. The molecular weight excluding hydrogens is 202 g/mol. The van der Waals surface area contributed by atoms with Crippen molar-refractivity contribution >= 4 is 5.97 Å². The Balaban J connectivity index is 2.72. The molecule has 0 aromatic carbocycles. The standard InChI is InChI=1S/C13H25NO2/c1-5-10-7-8-11(9-10)14(6-2)13(3,4)12(15)16/h10-11H,5-9H2,1-4H3,(H,15,16). The van der Waals surface area contributed by atoms with Gasteiger partial charge in [0.15, 0.2) is 0 Å². The van der Waals surface area contributed by atoms with Gasteiger partial charge in [0.1, 0.15) is 5.54 Å². The number of carboxylic acid groups (broad SMARTS) is 1. The van der Waals surface area contributed by atoms with Crippen LogP contribution >= 0.6 is 0 Å². The molecular formula is C13H25NO2. The predicted octanol–water partition coefficient (Wildman–Crippen LogP) is 2.75. The van der Waals surface area contributed by atoms with Crippen LogP contribution in [0.25, 0.3) is 0 Å². The minimum absolute atomic E-state index is 0.459. The third kappa shape index (κ3) is 2.57. The zero-order valence-corrected chi connectivity index (χ0v) is 11.0. The molecule has 0 radical (unpaired) electrons. The Hall–Kier alpha value is -0.570. The van der Waals surface area contributed by atoms with E-state index in [0.29, 0.717) is 6.04 Å². The summed E-state index contributed by atoms with van der Waals surface area (Å²) in [4.78, 5) is 13.4. The molecule has 1 N–H and O–H groups in total. The molecule has 1 fully saturated rings. The number of carbonyl (C=O) groups is 1. The van der Waals surface area contributed by atoms with Gasteiger partial charge in [0.25, 0.3) is 0 Å². The molecule has 0 spiro atoms. The van der Waals surface area contributed by atoms with Crippen LogP contribution in [-0.4, -0.2) is 34.1 Å². The molecule has 2 unspecified atom stereocenters. The molecule has 0 saturated heterocycles. The summed E-state index contributed by atoms with van der Waals surface area (Å²) in [5.41, 5.74) is -0.734. The molecule has 1 aliphatic rings. The van der Waals surface area contributed by atoms with Gasteiger partial charge in [-0.2, -0.15) is 0 Å². The van der Waals surface area contributed by atoms with Crippen molar-refractivity contribution in [3.05, 3.63) is 0 Å². The van der Waals surface area contributed by atoms with Crippen LogP contribution in [0.1, 0.15) is 53.4 Å². The zero-order chi connectivity index (χ0) is 12.3. The lowest BCUT2D eigenvalue weighted by Crippen LogP contribution is -2.54. The highest BCUT2D eigenvalue weighted by Crippen LogP contribution is 2.34. The fourth-order valence-corrected chi connectivity index (χ4v) is 2.94. The Morgan fingerprint density at radius 1 is 1.38 bits per heavy atom. The van der Waals surface area contributed by atoms with Crippen LogP contribution in [0.15, 0.2) is 0 Å². The first-order valence-corrected chi connectivity index (χ1v) is 6.43. The van der Waals surface area contributed by atoms with Crippen molar-refractivity contribution in [3.8, 4) is 0 Å². The summed E-state index contributed by atoms with van der Waals surface area (Å²) in [5.74, 6) is 0.0814. The van der Waals surface area contributed by atoms with Crippen LogP contribution in [0.3, 0.4) is 0 Å². The fourth-order valence-electron chi connectivity index (χ4n) is 2.94. The first-order chi connectivity index (χ1) is 7.43. The second-order valence-electron chi connectivity index (χ2n) is 5.39. The van der Waals surface area contributed by atoms with Crippen LogP contribution in [0.5, 0.6) is 0 Å². The lowest BCUT2D eigenvalue weighted by atomic mass is 9.98. The summed E-state index contributed by atoms with van der Waals surface area (Å²) in [6.45, 7) is 8.74. The summed E-state index contributed by atoms with van der Waals surface area (Å²) in [6.07, 6.45) is 4.80. The molecule has 1 rings (SSSR count). The van der Waals surface area contributed by atoms with Gasteiger partial charge in [-0.25, -0.2) is 0 Å². The molecule has 0 aromatic heterocycles. The van der Waals surface area contributed by atoms with E-state index in [2.05, 4.69) is 18.7 Å². The Morgan fingerprint density at radius 2 is 2.00 bits per heavy atom. The first-order valence-electron chi connectivity index (χ1n) is 6.43. The minimum atomic E-state index is -0.734. The minimum Gasteiger partial charge on any atom is -0.480 e. The van der Waals surface area contributed by atoms with Crippen molar-refractivity contribution in [1.82, 2.24) is 4.90 Å². The normalized spacial score (nSPS) is 26.3. The van der Waals surface area contributed by atoms with E-state index >= 15 is 0 Å². The molecule has 0 aromatic rings. The average molecular weight is 227 g/mol. The highest BCUT2D eigenvalue weighted by Gasteiger charge is 2.40. The van der Waals surface area contributed by atoms with E-state index in [1.165, 1.54) is 19.3 Å². The van der Waals surface area contributed by atoms with Crippen molar-refractivity contribution in [1.29, 1.82) is 0 Å². The van der Waals surface area contributed by atoms with Gasteiger partial charge < -0.3 is 5.11 Å². The first kappa shape index (κ1) is 13.5. The van der Waals surface area contributed by atoms with Gasteiger partial charge in [0.05, 0.1) is 0 Å². The third-order valence-corrected chi connectivity index (χ3v) is 4.11. The number of hydrogen-bond donors (Lipinski definition) is 1. The molecule has 2 atom stereocenters. The van der Waals surface area contributed by atoms with E-state index in [0.717, 1.165) is 18.9 Å². The molecule has 0 amide bonds. The quantitative estimate of drug-likeness (QED) is 0.785. The molecule has 16 heavy (non-hydrogen) atoms.